The molecular weight excluding hydrogens is 257 g/mol. The number of nitrogens with zero attached hydrogens (tertiary/aromatic N) is 1. The average Bonchev–Trinajstić information content (AvgIpc) is 2.82. The minimum atomic E-state index is -0.989. The summed E-state index contributed by atoms with van der Waals surface area (Å²) in [5, 5.41) is 9.18. The standard InChI is InChI=1S/C16H22FNO2/c1-3-16(4-2)7-8-18(11-16)10-12-9-13(17)5-6-14(12)15(19)20/h5-6,9H,3-4,7-8,10-11H2,1-2H3,(H,19,20). The zero-order valence-corrected chi connectivity index (χ0v) is 12.2. The lowest BCUT2D eigenvalue weighted by atomic mass is 9.82. The normalized spacial score (nSPS) is 18.4. The fourth-order valence-corrected chi connectivity index (χ4v) is 3.13. The monoisotopic (exact) mass is 279 g/mol. The highest BCUT2D eigenvalue weighted by Gasteiger charge is 2.35. The van der Waals surface area contributed by atoms with Crippen LogP contribution in [0.1, 0.15) is 49.0 Å². The Bertz CT molecular complexity index is 497. The van der Waals surface area contributed by atoms with E-state index in [1.54, 1.807) is 0 Å². The Hall–Kier alpha value is -1.42. The number of carboxylic acids is 1. The topological polar surface area (TPSA) is 40.5 Å². The Morgan fingerprint density at radius 1 is 1.40 bits per heavy atom. The lowest BCUT2D eigenvalue weighted by Gasteiger charge is -2.26. The number of carbonyl (C=O) groups is 1. The van der Waals surface area contributed by atoms with Crippen LogP contribution in [0.25, 0.3) is 0 Å². The van der Waals surface area contributed by atoms with Crippen LogP contribution < -0.4 is 0 Å². The molecule has 1 heterocycles. The summed E-state index contributed by atoms with van der Waals surface area (Å²) >= 11 is 0. The van der Waals surface area contributed by atoms with E-state index in [1.165, 1.54) is 18.2 Å². The second-order valence-electron chi connectivity index (χ2n) is 5.77. The first kappa shape index (κ1) is 15.0. The third-order valence-electron chi connectivity index (χ3n) is 4.71. The van der Waals surface area contributed by atoms with Crippen molar-refractivity contribution in [3.8, 4) is 0 Å². The zero-order valence-electron chi connectivity index (χ0n) is 12.2. The van der Waals surface area contributed by atoms with Crippen LogP contribution in [0.3, 0.4) is 0 Å². The van der Waals surface area contributed by atoms with Gasteiger partial charge in [0.25, 0.3) is 0 Å². The highest BCUT2D eigenvalue weighted by molar-refractivity contribution is 5.89. The molecule has 0 spiro atoms. The highest BCUT2D eigenvalue weighted by Crippen LogP contribution is 2.37. The maximum absolute atomic E-state index is 13.4. The summed E-state index contributed by atoms with van der Waals surface area (Å²) in [4.78, 5) is 13.4. The van der Waals surface area contributed by atoms with E-state index in [0.29, 0.717) is 17.5 Å². The van der Waals surface area contributed by atoms with Crippen molar-refractivity contribution in [1.29, 1.82) is 0 Å². The van der Waals surface area contributed by atoms with Gasteiger partial charge in [-0.25, -0.2) is 9.18 Å². The molecule has 3 nitrogen and oxygen atoms in total. The van der Waals surface area contributed by atoms with Crippen molar-refractivity contribution in [1.82, 2.24) is 4.90 Å². The van der Waals surface area contributed by atoms with Gasteiger partial charge in [-0.2, -0.15) is 0 Å². The lowest BCUT2D eigenvalue weighted by Crippen LogP contribution is -2.26. The first-order valence-corrected chi connectivity index (χ1v) is 7.24. The van der Waals surface area contributed by atoms with Crippen LogP contribution in [0.5, 0.6) is 0 Å². The first-order valence-electron chi connectivity index (χ1n) is 7.24. The van der Waals surface area contributed by atoms with Crippen LogP contribution in [0.4, 0.5) is 4.39 Å². The Balaban J connectivity index is 2.15. The average molecular weight is 279 g/mol. The van der Waals surface area contributed by atoms with Gasteiger partial charge in [0.05, 0.1) is 5.56 Å². The van der Waals surface area contributed by atoms with Gasteiger partial charge in [0.2, 0.25) is 0 Å². The van der Waals surface area contributed by atoms with Crippen molar-refractivity contribution >= 4 is 5.97 Å². The van der Waals surface area contributed by atoms with Crippen molar-refractivity contribution in [3.63, 3.8) is 0 Å². The molecule has 1 aromatic rings. The lowest BCUT2D eigenvalue weighted by molar-refractivity contribution is 0.0694. The fourth-order valence-electron chi connectivity index (χ4n) is 3.13. The van der Waals surface area contributed by atoms with Gasteiger partial charge in [-0.1, -0.05) is 13.8 Å². The van der Waals surface area contributed by atoms with Gasteiger partial charge in [-0.05, 0) is 55.0 Å². The van der Waals surface area contributed by atoms with E-state index in [4.69, 9.17) is 0 Å². The maximum atomic E-state index is 13.4. The molecule has 0 amide bonds. The van der Waals surface area contributed by atoms with Crippen molar-refractivity contribution in [3.05, 3.63) is 35.1 Å². The van der Waals surface area contributed by atoms with Crippen molar-refractivity contribution in [2.24, 2.45) is 5.41 Å². The molecule has 0 aliphatic carbocycles. The smallest absolute Gasteiger partial charge is 0.336 e. The molecule has 2 rings (SSSR count). The van der Waals surface area contributed by atoms with E-state index >= 15 is 0 Å². The molecule has 0 unspecified atom stereocenters. The number of benzene rings is 1. The van der Waals surface area contributed by atoms with E-state index in [1.807, 2.05) is 0 Å². The van der Waals surface area contributed by atoms with Crippen LogP contribution in [-0.4, -0.2) is 29.1 Å². The van der Waals surface area contributed by atoms with Crippen molar-refractivity contribution in [2.45, 2.75) is 39.7 Å². The van der Waals surface area contributed by atoms with E-state index in [2.05, 4.69) is 18.7 Å². The summed E-state index contributed by atoms with van der Waals surface area (Å²) in [5.41, 5.74) is 1.12. The third-order valence-corrected chi connectivity index (χ3v) is 4.71. The second-order valence-corrected chi connectivity index (χ2v) is 5.77. The van der Waals surface area contributed by atoms with Crippen molar-refractivity contribution < 1.29 is 14.3 Å². The Morgan fingerprint density at radius 2 is 2.10 bits per heavy atom. The van der Waals surface area contributed by atoms with Crippen molar-refractivity contribution in [2.75, 3.05) is 13.1 Å². The molecule has 1 N–H and O–H groups in total. The van der Waals surface area contributed by atoms with Crippen LogP contribution in [0, 0.1) is 11.2 Å². The molecule has 1 fully saturated rings. The molecule has 1 aliphatic heterocycles. The van der Waals surface area contributed by atoms with Gasteiger partial charge in [0.1, 0.15) is 5.82 Å². The molecular formula is C16H22FNO2. The maximum Gasteiger partial charge on any atom is 0.336 e. The largest absolute Gasteiger partial charge is 0.478 e. The SMILES string of the molecule is CCC1(CC)CCN(Cc2cc(F)ccc2C(=O)O)C1. The Kier molecular flexibility index (Phi) is 4.43. The second kappa shape index (κ2) is 5.92. The Labute approximate surface area is 119 Å². The van der Waals surface area contributed by atoms with Crippen LogP contribution in [0.2, 0.25) is 0 Å². The third kappa shape index (κ3) is 3.01. The van der Waals surface area contributed by atoms with Gasteiger partial charge >= 0.3 is 5.97 Å². The Morgan fingerprint density at radius 3 is 2.65 bits per heavy atom. The number of hydrogen-bond donors (Lipinski definition) is 1. The van der Waals surface area contributed by atoms with Crippen LogP contribution in [0.15, 0.2) is 18.2 Å². The number of aromatic carboxylic acids is 1. The predicted octanol–water partition coefficient (Wildman–Crippen LogP) is 3.54. The first-order chi connectivity index (χ1) is 9.49. The summed E-state index contributed by atoms with van der Waals surface area (Å²) in [7, 11) is 0. The van der Waals surface area contributed by atoms with Gasteiger partial charge < -0.3 is 5.11 Å². The molecule has 0 radical (unpaired) electrons. The minimum Gasteiger partial charge on any atom is -0.478 e. The van der Waals surface area contributed by atoms with Crippen LogP contribution >= 0.6 is 0 Å². The van der Waals surface area contributed by atoms with Crippen LogP contribution in [-0.2, 0) is 6.54 Å². The van der Waals surface area contributed by atoms with E-state index < -0.39 is 5.97 Å². The molecule has 20 heavy (non-hydrogen) atoms. The summed E-state index contributed by atoms with van der Waals surface area (Å²) in [5.74, 6) is -1.36. The molecule has 0 aromatic heterocycles. The molecule has 110 valence electrons. The number of likely N-dealkylation sites (tertiary alicyclic amines) is 1. The highest BCUT2D eigenvalue weighted by atomic mass is 19.1. The van der Waals surface area contributed by atoms with Gasteiger partial charge in [0.15, 0.2) is 0 Å². The number of carboxylic acid groups (broad SMARTS) is 1. The summed E-state index contributed by atoms with van der Waals surface area (Å²) < 4.78 is 13.4. The van der Waals surface area contributed by atoms with E-state index in [9.17, 15) is 14.3 Å². The summed E-state index contributed by atoms with van der Waals surface area (Å²) in [6, 6.07) is 3.91. The van der Waals surface area contributed by atoms with Gasteiger partial charge in [-0.15, -0.1) is 0 Å². The number of halogens is 1. The van der Waals surface area contributed by atoms with E-state index in [0.717, 1.165) is 32.4 Å². The molecule has 1 aromatic carbocycles. The molecule has 0 bridgehead atoms. The molecule has 0 saturated carbocycles. The molecule has 0 atom stereocenters. The molecule has 1 aliphatic rings. The predicted molar refractivity (Wildman–Crippen MR) is 76.3 cm³/mol. The van der Waals surface area contributed by atoms with Gasteiger partial charge in [-0.3, -0.25) is 4.90 Å². The quantitative estimate of drug-likeness (QED) is 0.896. The number of rotatable bonds is 5. The summed E-state index contributed by atoms with van der Waals surface area (Å²) in [6.45, 7) is 6.85. The minimum absolute atomic E-state index is 0.205. The zero-order chi connectivity index (χ0) is 14.8. The number of hydrogen-bond acceptors (Lipinski definition) is 2. The van der Waals surface area contributed by atoms with Gasteiger partial charge in [0, 0.05) is 13.1 Å². The van der Waals surface area contributed by atoms with E-state index in [-0.39, 0.29) is 11.4 Å². The fraction of sp³-hybridized carbons (Fsp3) is 0.562. The molecule has 4 heteroatoms. The summed E-state index contributed by atoms with van der Waals surface area (Å²) in [6.07, 6.45) is 3.40. The molecule has 1 saturated heterocycles.